The van der Waals surface area contributed by atoms with Gasteiger partial charge in [-0.3, -0.25) is 4.99 Å². The van der Waals surface area contributed by atoms with Crippen molar-refractivity contribution in [3.05, 3.63) is 58.6 Å². The summed E-state index contributed by atoms with van der Waals surface area (Å²) < 4.78 is 5.12. The van der Waals surface area contributed by atoms with Crippen molar-refractivity contribution < 1.29 is 14.6 Å². The standard InChI is InChI=1S/C16H14ClNO3/c1-11-5-6-13(17)8-15(11)18-9-12-3-2-4-14(7-12)21-10-16(19)20/h2-9H,10H2,1H3,(H,19,20). The predicted molar refractivity (Wildman–Crippen MR) is 83.0 cm³/mol. The molecule has 0 spiro atoms. The Morgan fingerprint density at radius 2 is 2.14 bits per heavy atom. The van der Waals surface area contributed by atoms with Gasteiger partial charge in [-0.15, -0.1) is 0 Å². The van der Waals surface area contributed by atoms with Crippen LogP contribution < -0.4 is 4.74 Å². The van der Waals surface area contributed by atoms with Gasteiger partial charge in [0.2, 0.25) is 0 Å². The molecule has 0 aromatic heterocycles. The zero-order valence-electron chi connectivity index (χ0n) is 11.4. The van der Waals surface area contributed by atoms with Gasteiger partial charge in [-0.05, 0) is 42.3 Å². The summed E-state index contributed by atoms with van der Waals surface area (Å²) in [7, 11) is 0. The summed E-state index contributed by atoms with van der Waals surface area (Å²) in [4.78, 5) is 14.9. The van der Waals surface area contributed by atoms with Crippen LogP contribution in [0, 0.1) is 6.92 Å². The molecule has 0 saturated carbocycles. The van der Waals surface area contributed by atoms with Gasteiger partial charge in [0.15, 0.2) is 6.61 Å². The van der Waals surface area contributed by atoms with E-state index in [2.05, 4.69) is 4.99 Å². The first kappa shape index (κ1) is 15.1. The van der Waals surface area contributed by atoms with Crippen LogP contribution in [0.4, 0.5) is 5.69 Å². The van der Waals surface area contributed by atoms with Crippen molar-refractivity contribution in [2.75, 3.05) is 6.61 Å². The Labute approximate surface area is 127 Å². The molecule has 2 aromatic carbocycles. The minimum atomic E-state index is -1.01. The van der Waals surface area contributed by atoms with Crippen LogP contribution in [-0.4, -0.2) is 23.9 Å². The second kappa shape index (κ2) is 6.90. The molecule has 0 amide bonds. The minimum Gasteiger partial charge on any atom is -0.482 e. The quantitative estimate of drug-likeness (QED) is 0.853. The number of benzene rings is 2. The molecule has 2 aromatic rings. The third-order valence-electron chi connectivity index (χ3n) is 2.74. The van der Waals surface area contributed by atoms with Crippen LogP contribution in [0.25, 0.3) is 0 Å². The SMILES string of the molecule is Cc1ccc(Cl)cc1N=Cc1cccc(OCC(=O)O)c1. The highest BCUT2D eigenvalue weighted by atomic mass is 35.5. The van der Waals surface area contributed by atoms with Crippen LogP contribution >= 0.6 is 11.6 Å². The highest BCUT2D eigenvalue weighted by Gasteiger charge is 2.00. The Hall–Kier alpha value is -2.33. The van der Waals surface area contributed by atoms with E-state index in [1.807, 2.05) is 25.1 Å². The van der Waals surface area contributed by atoms with Crippen molar-refractivity contribution in [3.8, 4) is 5.75 Å². The number of aliphatic carboxylic acids is 1. The Bertz CT molecular complexity index is 683. The number of carboxylic acids is 1. The molecule has 108 valence electrons. The van der Waals surface area contributed by atoms with Crippen molar-refractivity contribution in [2.24, 2.45) is 4.99 Å². The van der Waals surface area contributed by atoms with Crippen LogP contribution in [0.2, 0.25) is 5.02 Å². The summed E-state index contributed by atoms with van der Waals surface area (Å²) >= 11 is 5.95. The smallest absolute Gasteiger partial charge is 0.341 e. The van der Waals surface area contributed by atoms with Gasteiger partial charge in [-0.1, -0.05) is 29.8 Å². The fourth-order valence-corrected chi connectivity index (χ4v) is 1.86. The van der Waals surface area contributed by atoms with Gasteiger partial charge >= 0.3 is 5.97 Å². The number of halogens is 1. The Kier molecular flexibility index (Phi) is 4.95. The molecular formula is C16H14ClNO3. The molecule has 0 aliphatic heterocycles. The van der Waals surface area contributed by atoms with Crippen molar-refractivity contribution in [1.82, 2.24) is 0 Å². The molecule has 1 N–H and O–H groups in total. The van der Waals surface area contributed by atoms with Crippen LogP contribution in [0.1, 0.15) is 11.1 Å². The monoisotopic (exact) mass is 303 g/mol. The molecule has 0 radical (unpaired) electrons. The summed E-state index contributed by atoms with van der Waals surface area (Å²) in [6.07, 6.45) is 1.69. The zero-order valence-corrected chi connectivity index (χ0v) is 12.2. The average Bonchev–Trinajstić information content (AvgIpc) is 2.46. The number of carboxylic acid groups (broad SMARTS) is 1. The van der Waals surface area contributed by atoms with E-state index in [1.165, 1.54) is 0 Å². The molecule has 21 heavy (non-hydrogen) atoms. The molecule has 0 heterocycles. The largest absolute Gasteiger partial charge is 0.482 e. The lowest BCUT2D eigenvalue weighted by Crippen LogP contribution is -2.09. The molecule has 0 aliphatic carbocycles. The maximum atomic E-state index is 10.5. The molecular weight excluding hydrogens is 290 g/mol. The molecule has 0 fully saturated rings. The third kappa shape index (κ3) is 4.61. The van der Waals surface area contributed by atoms with Crippen molar-refractivity contribution in [2.45, 2.75) is 6.92 Å². The Balaban J connectivity index is 2.15. The number of hydrogen-bond acceptors (Lipinski definition) is 3. The second-order valence-electron chi connectivity index (χ2n) is 4.44. The summed E-state index contributed by atoms with van der Waals surface area (Å²) in [5.41, 5.74) is 2.63. The highest BCUT2D eigenvalue weighted by Crippen LogP contribution is 2.23. The van der Waals surface area contributed by atoms with Gasteiger partial charge in [0.1, 0.15) is 5.75 Å². The number of carbonyl (C=O) groups is 1. The van der Waals surface area contributed by atoms with Crippen molar-refractivity contribution in [3.63, 3.8) is 0 Å². The van der Waals surface area contributed by atoms with E-state index in [-0.39, 0.29) is 6.61 Å². The number of hydrogen-bond donors (Lipinski definition) is 1. The molecule has 5 heteroatoms. The summed E-state index contributed by atoms with van der Waals surface area (Å²) in [5, 5.41) is 9.22. The topological polar surface area (TPSA) is 58.9 Å². The molecule has 2 rings (SSSR count). The van der Waals surface area contributed by atoms with Crippen molar-refractivity contribution in [1.29, 1.82) is 0 Å². The highest BCUT2D eigenvalue weighted by molar-refractivity contribution is 6.30. The first-order valence-electron chi connectivity index (χ1n) is 6.29. The molecule has 0 atom stereocenters. The summed E-state index contributed by atoms with van der Waals surface area (Å²) in [5.74, 6) is -0.521. The number of ether oxygens (including phenoxy) is 1. The zero-order chi connectivity index (χ0) is 15.2. The van der Waals surface area contributed by atoms with Gasteiger partial charge in [0.25, 0.3) is 0 Å². The minimum absolute atomic E-state index is 0.367. The number of rotatable bonds is 5. The lowest BCUT2D eigenvalue weighted by atomic mass is 10.2. The van der Waals surface area contributed by atoms with Gasteiger partial charge < -0.3 is 9.84 Å². The van der Waals surface area contributed by atoms with Gasteiger partial charge in [0, 0.05) is 11.2 Å². The summed E-state index contributed by atoms with van der Waals surface area (Å²) in [6.45, 7) is 1.59. The second-order valence-corrected chi connectivity index (χ2v) is 4.88. The molecule has 0 bridgehead atoms. The van der Waals surface area contributed by atoms with E-state index in [4.69, 9.17) is 21.4 Å². The van der Waals surface area contributed by atoms with E-state index < -0.39 is 5.97 Å². The van der Waals surface area contributed by atoms with E-state index >= 15 is 0 Å². The van der Waals surface area contributed by atoms with E-state index in [9.17, 15) is 4.79 Å². The molecule has 0 unspecified atom stereocenters. The number of nitrogens with zero attached hydrogens (tertiary/aromatic N) is 1. The van der Waals surface area contributed by atoms with E-state index in [0.29, 0.717) is 10.8 Å². The maximum absolute atomic E-state index is 10.5. The fourth-order valence-electron chi connectivity index (χ4n) is 1.70. The van der Waals surface area contributed by atoms with Crippen LogP contribution in [0.15, 0.2) is 47.5 Å². The van der Waals surface area contributed by atoms with Gasteiger partial charge in [-0.25, -0.2) is 4.79 Å². The Morgan fingerprint density at radius 1 is 1.33 bits per heavy atom. The first-order chi connectivity index (χ1) is 10.0. The normalized spacial score (nSPS) is 10.8. The Morgan fingerprint density at radius 3 is 2.90 bits per heavy atom. The van der Waals surface area contributed by atoms with E-state index in [1.54, 1.807) is 30.5 Å². The first-order valence-corrected chi connectivity index (χ1v) is 6.67. The van der Waals surface area contributed by atoms with Gasteiger partial charge in [-0.2, -0.15) is 0 Å². The summed E-state index contributed by atoms with van der Waals surface area (Å²) in [6, 6.07) is 12.6. The lowest BCUT2D eigenvalue weighted by molar-refractivity contribution is -0.139. The van der Waals surface area contributed by atoms with Gasteiger partial charge in [0.05, 0.1) is 5.69 Å². The van der Waals surface area contributed by atoms with Crippen LogP contribution in [-0.2, 0) is 4.79 Å². The predicted octanol–water partition coefficient (Wildman–Crippen LogP) is 3.86. The van der Waals surface area contributed by atoms with E-state index in [0.717, 1.165) is 16.8 Å². The molecule has 0 saturated heterocycles. The molecule has 0 aliphatic rings. The van der Waals surface area contributed by atoms with Crippen molar-refractivity contribution >= 4 is 29.5 Å². The number of aliphatic imine (C=N–C) groups is 1. The number of aryl methyl sites for hydroxylation is 1. The third-order valence-corrected chi connectivity index (χ3v) is 2.98. The molecule has 4 nitrogen and oxygen atoms in total. The fraction of sp³-hybridized carbons (Fsp3) is 0.125. The van der Waals surface area contributed by atoms with Crippen LogP contribution in [0.5, 0.6) is 5.75 Å². The average molecular weight is 304 g/mol. The van der Waals surface area contributed by atoms with Crippen LogP contribution in [0.3, 0.4) is 0 Å². The maximum Gasteiger partial charge on any atom is 0.341 e. The lowest BCUT2D eigenvalue weighted by Gasteiger charge is -2.04.